The van der Waals surface area contributed by atoms with Gasteiger partial charge in [-0.05, 0) is 19.1 Å². The Labute approximate surface area is 92.7 Å². The topological polar surface area (TPSA) is 44.0 Å². The number of hydrogen-bond acceptors (Lipinski definition) is 2. The first kappa shape index (κ1) is 11.3. The van der Waals surface area contributed by atoms with Gasteiger partial charge in [0, 0.05) is 15.6 Å². The van der Waals surface area contributed by atoms with Crippen molar-refractivity contribution in [3.05, 3.63) is 33.8 Å². The summed E-state index contributed by atoms with van der Waals surface area (Å²) in [5.74, 6) is -0.535. The van der Waals surface area contributed by atoms with Crippen molar-refractivity contribution >= 4 is 23.2 Å². The number of benzene rings is 1. The average Bonchev–Trinajstić information content (AvgIpc) is 2.16. The van der Waals surface area contributed by atoms with Crippen molar-refractivity contribution in [1.29, 1.82) is 5.26 Å². The van der Waals surface area contributed by atoms with Crippen LogP contribution in [0, 0.1) is 17.2 Å². The number of nitriles is 1. The molecule has 1 aromatic carbocycles. The quantitative estimate of drug-likeness (QED) is 0.847. The standard InChI is InChI=1S/C10H9Cl2NO/c1-6(5-13)10(14)9-7(11)3-2-4-8(9)12/h2-4,6,10,14H,1H3. The van der Waals surface area contributed by atoms with Gasteiger partial charge >= 0.3 is 0 Å². The van der Waals surface area contributed by atoms with E-state index in [2.05, 4.69) is 0 Å². The summed E-state index contributed by atoms with van der Waals surface area (Å²) in [6, 6.07) is 6.91. The summed E-state index contributed by atoms with van der Waals surface area (Å²) >= 11 is 11.7. The van der Waals surface area contributed by atoms with Crippen LogP contribution in [0.15, 0.2) is 18.2 Å². The number of halogens is 2. The molecule has 0 aromatic heterocycles. The lowest BCUT2D eigenvalue weighted by Gasteiger charge is -2.15. The third-order valence-electron chi connectivity index (χ3n) is 1.97. The predicted molar refractivity (Wildman–Crippen MR) is 56.2 cm³/mol. The van der Waals surface area contributed by atoms with Crippen LogP contribution < -0.4 is 0 Å². The molecule has 0 fully saturated rings. The SMILES string of the molecule is CC(C#N)C(O)c1c(Cl)cccc1Cl. The molecule has 0 aliphatic heterocycles. The van der Waals surface area contributed by atoms with Gasteiger partial charge in [0.1, 0.15) is 0 Å². The molecule has 0 aliphatic rings. The molecule has 74 valence electrons. The Morgan fingerprint density at radius 3 is 2.29 bits per heavy atom. The second kappa shape index (κ2) is 4.65. The van der Waals surface area contributed by atoms with Crippen LogP contribution in [-0.4, -0.2) is 5.11 Å². The maximum Gasteiger partial charge on any atom is 0.0974 e. The monoisotopic (exact) mass is 229 g/mol. The summed E-state index contributed by atoms with van der Waals surface area (Å²) in [7, 11) is 0. The van der Waals surface area contributed by atoms with Crippen LogP contribution in [0.4, 0.5) is 0 Å². The van der Waals surface area contributed by atoms with Crippen molar-refractivity contribution in [3.8, 4) is 6.07 Å². The maximum absolute atomic E-state index is 9.76. The van der Waals surface area contributed by atoms with Crippen molar-refractivity contribution in [1.82, 2.24) is 0 Å². The van der Waals surface area contributed by atoms with Crippen LogP contribution in [-0.2, 0) is 0 Å². The zero-order chi connectivity index (χ0) is 10.7. The van der Waals surface area contributed by atoms with Crippen molar-refractivity contribution in [2.45, 2.75) is 13.0 Å². The summed E-state index contributed by atoms with van der Waals surface area (Å²) in [5, 5.41) is 19.2. The summed E-state index contributed by atoms with van der Waals surface area (Å²) in [6.07, 6.45) is -0.943. The number of hydrogen-bond donors (Lipinski definition) is 1. The number of nitrogens with zero attached hydrogens (tertiary/aromatic N) is 1. The highest BCUT2D eigenvalue weighted by Gasteiger charge is 2.20. The first-order chi connectivity index (χ1) is 6.57. The smallest absolute Gasteiger partial charge is 0.0974 e. The lowest BCUT2D eigenvalue weighted by atomic mass is 9.99. The number of aliphatic hydroxyl groups is 1. The van der Waals surface area contributed by atoms with Gasteiger partial charge in [0.15, 0.2) is 0 Å². The van der Waals surface area contributed by atoms with E-state index in [1.807, 2.05) is 6.07 Å². The highest BCUT2D eigenvalue weighted by Crippen LogP contribution is 2.33. The van der Waals surface area contributed by atoms with Gasteiger partial charge in [0.25, 0.3) is 0 Å². The minimum absolute atomic E-state index is 0.382. The molecule has 0 aliphatic carbocycles. The second-order valence-corrected chi connectivity index (χ2v) is 3.81. The molecule has 2 unspecified atom stereocenters. The Kier molecular flexibility index (Phi) is 3.77. The maximum atomic E-state index is 9.76. The van der Waals surface area contributed by atoms with Crippen LogP contribution in [0.2, 0.25) is 10.0 Å². The molecule has 0 amide bonds. The molecule has 4 heteroatoms. The average molecular weight is 230 g/mol. The Balaban J connectivity index is 3.13. The van der Waals surface area contributed by atoms with Crippen LogP contribution in [0.25, 0.3) is 0 Å². The molecular formula is C10H9Cl2NO. The Hall–Kier alpha value is -0.750. The lowest BCUT2D eigenvalue weighted by Crippen LogP contribution is -2.08. The second-order valence-electron chi connectivity index (χ2n) is 3.00. The molecule has 1 rings (SSSR count). The van der Waals surface area contributed by atoms with Gasteiger partial charge in [0.2, 0.25) is 0 Å². The Morgan fingerprint density at radius 1 is 1.36 bits per heavy atom. The van der Waals surface area contributed by atoms with E-state index < -0.39 is 12.0 Å². The van der Waals surface area contributed by atoms with Gasteiger partial charge < -0.3 is 5.11 Å². The summed E-state index contributed by atoms with van der Waals surface area (Å²) in [5.41, 5.74) is 0.421. The fourth-order valence-electron chi connectivity index (χ4n) is 1.11. The van der Waals surface area contributed by atoms with E-state index >= 15 is 0 Å². The fraction of sp³-hybridized carbons (Fsp3) is 0.300. The minimum Gasteiger partial charge on any atom is -0.387 e. The van der Waals surface area contributed by atoms with E-state index in [1.54, 1.807) is 25.1 Å². The zero-order valence-corrected chi connectivity index (χ0v) is 9.05. The Bertz CT molecular complexity index is 353. The molecule has 0 saturated carbocycles. The van der Waals surface area contributed by atoms with Crippen molar-refractivity contribution < 1.29 is 5.11 Å². The van der Waals surface area contributed by atoms with E-state index in [-0.39, 0.29) is 0 Å². The first-order valence-corrected chi connectivity index (χ1v) is 4.85. The van der Waals surface area contributed by atoms with Gasteiger partial charge in [-0.2, -0.15) is 5.26 Å². The minimum atomic E-state index is -0.943. The third kappa shape index (κ3) is 2.19. The van der Waals surface area contributed by atoms with E-state index in [0.717, 1.165) is 0 Å². The van der Waals surface area contributed by atoms with Crippen LogP contribution in [0.3, 0.4) is 0 Å². The molecular weight excluding hydrogens is 221 g/mol. The molecule has 14 heavy (non-hydrogen) atoms. The molecule has 1 aromatic rings. The molecule has 2 nitrogen and oxygen atoms in total. The largest absolute Gasteiger partial charge is 0.387 e. The summed E-state index contributed by atoms with van der Waals surface area (Å²) in [6.45, 7) is 1.62. The van der Waals surface area contributed by atoms with Gasteiger partial charge in [-0.1, -0.05) is 29.3 Å². The molecule has 0 bridgehead atoms. The lowest BCUT2D eigenvalue weighted by molar-refractivity contribution is 0.143. The van der Waals surface area contributed by atoms with Gasteiger partial charge in [-0.3, -0.25) is 0 Å². The van der Waals surface area contributed by atoms with E-state index in [4.69, 9.17) is 28.5 Å². The highest BCUT2D eigenvalue weighted by molar-refractivity contribution is 6.36. The zero-order valence-electron chi connectivity index (χ0n) is 7.54. The van der Waals surface area contributed by atoms with Gasteiger partial charge in [0.05, 0.1) is 18.1 Å². The van der Waals surface area contributed by atoms with Gasteiger partial charge in [-0.15, -0.1) is 0 Å². The Morgan fingerprint density at radius 2 is 1.86 bits per heavy atom. The van der Waals surface area contributed by atoms with E-state index in [1.165, 1.54) is 0 Å². The highest BCUT2D eigenvalue weighted by atomic mass is 35.5. The van der Waals surface area contributed by atoms with Crippen LogP contribution in [0.1, 0.15) is 18.6 Å². The summed E-state index contributed by atoms with van der Waals surface area (Å²) < 4.78 is 0. The van der Waals surface area contributed by atoms with Crippen LogP contribution in [0.5, 0.6) is 0 Å². The van der Waals surface area contributed by atoms with Crippen molar-refractivity contribution in [3.63, 3.8) is 0 Å². The third-order valence-corrected chi connectivity index (χ3v) is 2.63. The summed E-state index contributed by atoms with van der Waals surface area (Å²) in [4.78, 5) is 0. The normalized spacial score (nSPS) is 14.5. The van der Waals surface area contributed by atoms with Gasteiger partial charge in [-0.25, -0.2) is 0 Å². The fourth-order valence-corrected chi connectivity index (χ4v) is 1.73. The van der Waals surface area contributed by atoms with E-state index in [9.17, 15) is 5.11 Å². The molecule has 0 saturated heterocycles. The molecule has 0 spiro atoms. The molecule has 1 N–H and O–H groups in total. The van der Waals surface area contributed by atoms with Crippen molar-refractivity contribution in [2.75, 3.05) is 0 Å². The molecule has 0 heterocycles. The number of aliphatic hydroxyl groups excluding tert-OH is 1. The molecule has 2 atom stereocenters. The van der Waals surface area contributed by atoms with Crippen molar-refractivity contribution in [2.24, 2.45) is 5.92 Å². The van der Waals surface area contributed by atoms with E-state index in [0.29, 0.717) is 15.6 Å². The molecule has 0 radical (unpaired) electrons. The first-order valence-electron chi connectivity index (χ1n) is 4.09. The predicted octanol–water partition coefficient (Wildman–Crippen LogP) is 3.19. The number of rotatable bonds is 2. The van der Waals surface area contributed by atoms with Crippen LogP contribution >= 0.6 is 23.2 Å².